The van der Waals surface area contributed by atoms with Gasteiger partial charge in [-0.2, -0.15) is 0 Å². The number of phenols is 1. The SMILES string of the molecule is CO[C@@H](C)[C@@H](NC(=O)[C@@H]1CCCN1C)[C@H]1O[C@H](SCCOC(=O)c2ccccc2O)[C@H](O)[C@@H](O)[C@H]1O. The lowest BCUT2D eigenvalue weighted by Crippen LogP contribution is -2.66. The number of carbonyl (C=O) groups is 2. The molecule has 0 unspecified atom stereocenters. The zero-order chi connectivity index (χ0) is 26.4. The van der Waals surface area contributed by atoms with Gasteiger partial charge in [0.05, 0.1) is 18.2 Å². The van der Waals surface area contributed by atoms with Crippen LogP contribution in [0.4, 0.5) is 0 Å². The van der Waals surface area contributed by atoms with Crippen LogP contribution in [-0.2, 0) is 19.0 Å². The monoisotopic (exact) mass is 528 g/mol. The Morgan fingerprint density at radius 2 is 1.94 bits per heavy atom. The number of aliphatic hydroxyl groups is 3. The number of nitrogens with zero attached hydrogens (tertiary/aromatic N) is 1. The summed E-state index contributed by atoms with van der Waals surface area (Å²) in [4.78, 5) is 27.1. The largest absolute Gasteiger partial charge is 0.507 e. The number of aliphatic hydroxyl groups excluding tert-OH is 3. The molecule has 0 radical (unpaired) electrons. The number of esters is 1. The fraction of sp³-hybridized carbons (Fsp3) is 0.667. The highest BCUT2D eigenvalue weighted by Gasteiger charge is 2.49. The first-order chi connectivity index (χ1) is 17.1. The average Bonchev–Trinajstić information content (AvgIpc) is 3.30. The molecule has 8 atom stereocenters. The van der Waals surface area contributed by atoms with Crippen LogP contribution in [0.25, 0.3) is 0 Å². The van der Waals surface area contributed by atoms with Gasteiger partial charge >= 0.3 is 5.97 Å². The van der Waals surface area contributed by atoms with Crippen LogP contribution >= 0.6 is 11.8 Å². The summed E-state index contributed by atoms with van der Waals surface area (Å²) >= 11 is 1.09. The lowest BCUT2D eigenvalue weighted by atomic mass is 9.92. The predicted octanol–water partition coefficient (Wildman–Crippen LogP) is -0.296. The number of aromatic hydroxyl groups is 1. The molecule has 5 N–H and O–H groups in total. The highest BCUT2D eigenvalue weighted by atomic mass is 32.2. The van der Waals surface area contributed by atoms with E-state index in [0.717, 1.165) is 24.7 Å². The second-order valence-corrected chi connectivity index (χ2v) is 10.3. The molecule has 2 heterocycles. The van der Waals surface area contributed by atoms with Crippen molar-refractivity contribution in [2.75, 3.05) is 33.1 Å². The van der Waals surface area contributed by atoms with E-state index < -0.39 is 48.0 Å². The van der Waals surface area contributed by atoms with Crippen LogP contribution in [0.15, 0.2) is 24.3 Å². The third-order valence-electron chi connectivity index (χ3n) is 6.69. The minimum atomic E-state index is -1.53. The maximum absolute atomic E-state index is 13.0. The number of carbonyl (C=O) groups excluding carboxylic acids is 2. The second-order valence-electron chi connectivity index (χ2n) is 9.08. The maximum Gasteiger partial charge on any atom is 0.341 e. The van der Waals surface area contributed by atoms with Gasteiger partial charge in [0, 0.05) is 12.9 Å². The number of benzene rings is 1. The van der Waals surface area contributed by atoms with E-state index in [4.69, 9.17) is 14.2 Å². The summed E-state index contributed by atoms with van der Waals surface area (Å²) in [6.07, 6.45) is -4.42. The number of hydrogen-bond acceptors (Lipinski definition) is 11. The van der Waals surface area contributed by atoms with Gasteiger partial charge in [-0.25, -0.2) is 4.79 Å². The summed E-state index contributed by atoms with van der Waals surface area (Å²) in [6, 6.07) is 4.91. The van der Waals surface area contributed by atoms with Gasteiger partial charge in [-0.05, 0) is 45.5 Å². The fourth-order valence-corrected chi connectivity index (χ4v) is 5.42. The van der Waals surface area contributed by atoms with Gasteiger partial charge in [0.2, 0.25) is 5.91 Å². The van der Waals surface area contributed by atoms with E-state index in [1.807, 2.05) is 11.9 Å². The van der Waals surface area contributed by atoms with Crippen molar-refractivity contribution < 1.29 is 44.2 Å². The van der Waals surface area contributed by atoms with Gasteiger partial charge in [-0.15, -0.1) is 11.8 Å². The average molecular weight is 529 g/mol. The van der Waals surface area contributed by atoms with Crippen LogP contribution in [0.1, 0.15) is 30.1 Å². The molecule has 1 aromatic rings. The molecule has 0 spiro atoms. The summed E-state index contributed by atoms with van der Waals surface area (Å²) in [5.74, 6) is -0.896. The molecule has 12 heteroatoms. The Morgan fingerprint density at radius 1 is 1.22 bits per heavy atom. The van der Waals surface area contributed by atoms with Crippen molar-refractivity contribution in [1.29, 1.82) is 0 Å². The summed E-state index contributed by atoms with van der Waals surface area (Å²) in [5, 5.41) is 44.4. The first-order valence-electron chi connectivity index (χ1n) is 12.0. The predicted molar refractivity (Wildman–Crippen MR) is 132 cm³/mol. The lowest BCUT2D eigenvalue weighted by Gasteiger charge is -2.44. The zero-order valence-electron chi connectivity index (χ0n) is 20.6. The Labute approximate surface area is 214 Å². The summed E-state index contributed by atoms with van der Waals surface area (Å²) in [5.41, 5.74) is -0.926. The standard InChI is InChI=1S/C24H36N2O9S/c1-13(33-3)17(25-22(31)15-8-6-10-26(15)2)21-19(29)18(28)20(30)24(35-21)36-12-11-34-23(32)14-7-4-5-9-16(14)27/h4-5,7,9,13,15,17-21,24,27-30H,6,8,10-12H2,1-3H3,(H,25,31)/t13-,15-,17+,18-,19+,20+,21+,24+/m0/s1. The number of para-hydroxylation sites is 1. The van der Waals surface area contributed by atoms with Crippen molar-refractivity contribution in [2.45, 2.75) is 67.8 Å². The molecular weight excluding hydrogens is 492 g/mol. The Kier molecular flexibility index (Phi) is 10.4. The minimum Gasteiger partial charge on any atom is -0.507 e. The molecule has 36 heavy (non-hydrogen) atoms. The van der Waals surface area contributed by atoms with Gasteiger partial charge in [-0.3, -0.25) is 9.69 Å². The molecule has 202 valence electrons. The Hall–Kier alpha value is -1.93. The molecule has 0 saturated carbocycles. The molecule has 1 aromatic carbocycles. The van der Waals surface area contributed by atoms with E-state index in [1.54, 1.807) is 19.1 Å². The van der Waals surface area contributed by atoms with Gasteiger partial charge in [0.25, 0.3) is 0 Å². The number of amides is 1. The van der Waals surface area contributed by atoms with Crippen molar-refractivity contribution >= 4 is 23.6 Å². The number of thioether (sulfide) groups is 1. The molecule has 2 aliphatic heterocycles. The summed E-state index contributed by atoms with van der Waals surface area (Å²) < 4.78 is 16.6. The van der Waals surface area contributed by atoms with Crippen molar-refractivity contribution in [1.82, 2.24) is 10.2 Å². The quantitative estimate of drug-likeness (QED) is 0.201. The third kappa shape index (κ3) is 6.68. The molecule has 0 aliphatic carbocycles. The topological polar surface area (TPSA) is 158 Å². The molecule has 0 aromatic heterocycles. The van der Waals surface area contributed by atoms with E-state index in [1.165, 1.54) is 19.2 Å². The van der Waals surface area contributed by atoms with Crippen molar-refractivity contribution in [3.8, 4) is 5.75 Å². The van der Waals surface area contributed by atoms with Crippen LogP contribution in [0.2, 0.25) is 0 Å². The Morgan fingerprint density at radius 3 is 2.58 bits per heavy atom. The minimum absolute atomic E-state index is 0.0371. The smallest absolute Gasteiger partial charge is 0.341 e. The molecule has 2 fully saturated rings. The van der Waals surface area contributed by atoms with Crippen LogP contribution in [0, 0.1) is 0 Å². The fourth-order valence-electron chi connectivity index (χ4n) is 4.45. The first kappa shape index (κ1) is 28.6. The normalized spacial score (nSPS) is 30.5. The number of methoxy groups -OCH3 is 1. The van der Waals surface area contributed by atoms with E-state index in [2.05, 4.69) is 5.32 Å². The van der Waals surface area contributed by atoms with Gasteiger partial charge in [-0.1, -0.05) is 12.1 Å². The summed E-state index contributed by atoms with van der Waals surface area (Å²) in [7, 11) is 3.34. The number of ether oxygens (including phenoxy) is 3. The van der Waals surface area contributed by atoms with Crippen LogP contribution in [0.3, 0.4) is 0 Å². The Bertz CT molecular complexity index is 891. The number of hydrogen-bond donors (Lipinski definition) is 5. The number of likely N-dealkylation sites (N-methyl/N-ethyl adjacent to an activating group) is 1. The van der Waals surface area contributed by atoms with E-state index in [9.17, 15) is 30.0 Å². The van der Waals surface area contributed by atoms with Gasteiger partial charge in [0.15, 0.2) is 0 Å². The zero-order valence-corrected chi connectivity index (χ0v) is 21.5. The molecule has 11 nitrogen and oxygen atoms in total. The molecular formula is C24H36N2O9S. The third-order valence-corrected chi connectivity index (χ3v) is 7.81. The number of nitrogens with one attached hydrogen (secondary N) is 1. The van der Waals surface area contributed by atoms with Gasteiger partial charge < -0.3 is 40.0 Å². The van der Waals surface area contributed by atoms with Crippen molar-refractivity contribution in [3.05, 3.63) is 29.8 Å². The number of likely N-dealkylation sites (tertiary alicyclic amines) is 1. The lowest BCUT2D eigenvalue weighted by molar-refractivity contribution is -0.212. The first-order valence-corrected chi connectivity index (χ1v) is 13.0. The molecule has 2 saturated heterocycles. The van der Waals surface area contributed by atoms with Gasteiger partial charge in [0.1, 0.15) is 47.8 Å². The molecule has 1 amide bonds. The van der Waals surface area contributed by atoms with Crippen LogP contribution < -0.4 is 5.32 Å². The number of rotatable bonds is 10. The molecule has 3 rings (SSSR count). The Balaban J connectivity index is 1.62. The van der Waals surface area contributed by atoms with Crippen molar-refractivity contribution in [2.24, 2.45) is 0 Å². The van der Waals surface area contributed by atoms with E-state index in [-0.39, 0.29) is 35.6 Å². The van der Waals surface area contributed by atoms with E-state index >= 15 is 0 Å². The van der Waals surface area contributed by atoms with Crippen molar-refractivity contribution in [3.63, 3.8) is 0 Å². The highest BCUT2D eigenvalue weighted by Crippen LogP contribution is 2.31. The molecule has 0 bridgehead atoms. The summed E-state index contributed by atoms with van der Waals surface area (Å²) in [6.45, 7) is 2.48. The van der Waals surface area contributed by atoms with Crippen LogP contribution in [0.5, 0.6) is 5.75 Å². The maximum atomic E-state index is 13.0. The number of phenolic OH excluding ortho intramolecular Hbond substituents is 1. The van der Waals surface area contributed by atoms with E-state index in [0.29, 0.717) is 6.42 Å². The molecule has 2 aliphatic rings. The highest BCUT2D eigenvalue weighted by molar-refractivity contribution is 7.99. The van der Waals surface area contributed by atoms with Crippen LogP contribution in [-0.4, -0.2) is 118 Å². The second kappa shape index (κ2) is 13.0.